The van der Waals surface area contributed by atoms with Crippen molar-refractivity contribution in [3.63, 3.8) is 0 Å². The molecule has 0 bridgehead atoms. The van der Waals surface area contributed by atoms with Gasteiger partial charge in [0.05, 0.1) is 29.4 Å². The number of phosphoric ester groups is 2. The smallest absolute Gasteiger partial charge is 0.790 e. The Balaban J connectivity index is -0.000000187. The van der Waals surface area contributed by atoms with Gasteiger partial charge in [-0.3, -0.25) is 0 Å². The van der Waals surface area contributed by atoms with Crippen molar-refractivity contribution in [1.82, 2.24) is 0 Å². The van der Waals surface area contributed by atoms with E-state index in [-0.39, 0.29) is 118 Å². The average molecular weight is 371 g/mol. The van der Waals surface area contributed by atoms with Gasteiger partial charge in [0.1, 0.15) is 0 Å². The number of carbonyl (C=O) groups is 1. The molecule has 0 saturated carbocycles. The van der Waals surface area contributed by atoms with Crippen LogP contribution in [0.5, 0.6) is 0 Å². The van der Waals surface area contributed by atoms with E-state index < -0.39 is 34.3 Å². The molecule has 0 aliphatic heterocycles. The number of hydrogen-bond acceptors (Lipinski definition) is 10. The molecule has 0 radical (unpaired) electrons. The third-order valence-corrected chi connectivity index (χ3v) is 2.08. The van der Waals surface area contributed by atoms with E-state index >= 15 is 0 Å². The molecule has 0 spiro atoms. The van der Waals surface area contributed by atoms with Crippen LogP contribution < -0.4 is 138 Å². The van der Waals surface area contributed by atoms with Crippen molar-refractivity contribution in [2.45, 2.75) is 6.10 Å². The van der Waals surface area contributed by atoms with Crippen molar-refractivity contribution in [2.75, 3.05) is 13.7 Å². The summed E-state index contributed by atoms with van der Waals surface area (Å²) in [6.07, 6.45) is -2.14. The fourth-order valence-electron chi connectivity index (χ4n) is 0.588. The molecular formula is C4H6Na4O10P2. The van der Waals surface area contributed by atoms with Crippen LogP contribution in [-0.2, 0) is 27.7 Å². The Labute approximate surface area is 203 Å². The standard InChI is InChI=1S/C4H10O10P2.4Na/c1-12-4(5)3(14-16(9,10)11)2-13-15(6,7)8;;;;/h3H,2H2,1H3,(H2,6,7,8)(H2,9,10,11);;;;/q;4*+1/p-4/i2+1,3+1,4+1;;;;. The molecule has 96 valence electrons. The molecule has 0 saturated heterocycles. The zero-order chi connectivity index (χ0) is 13.0. The summed E-state index contributed by atoms with van der Waals surface area (Å²) in [5.41, 5.74) is 0. The molecule has 16 heteroatoms. The van der Waals surface area contributed by atoms with Crippen molar-refractivity contribution < 1.29 is 166 Å². The Morgan fingerprint density at radius 3 is 1.65 bits per heavy atom. The molecule has 0 aromatic carbocycles. The fourth-order valence-corrected chi connectivity index (χ4v) is 1.36. The second-order valence-corrected chi connectivity index (χ2v) is 4.57. The summed E-state index contributed by atoms with van der Waals surface area (Å²) in [7, 11) is -10.1. The van der Waals surface area contributed by atoms with E-state index in [2.05, 4.69) is 13.8 Å². The Morgan fingerprint density at radius 1 is 1.00 bits per heavy atom. The minimum atomic E-state index is -5.55. The Hall–Kier alpha value is 3.69. The van der Waals surface area contributed by atoms with Gasteiger partial charge in [-0.05, 0) is 0 Å². The second kappa shape index (κ2) is 16.2. The van der Waals surface area contributed by atoms with Gasteiger partial charge < -0.3 is 42.5 Å². The SMILES string of the molecule is CO[13C](=O)[13CH]([13CH2]OP(=O)([O-])[O-])OP(=O)([O-])[O-].[Na+].[Na+].[Na+].[Na+]. The number of esters is 1. The first-order valence-electron chi connectivity index (χ1n) is 3.50. The number of methoxy groups -OCH3 is 1. The minimum Gasteiger partial charge on any atom is -0.790 e. The summed E-state index contributed by atoms with van der Waals surface area (Å²) in [5.74, 6) is -1.37. The first-order chi connectivity index (χ1) is 7.05. The molecular weight excluding hydrogens is 365 g/mol. The van der Waals surface area contributed by atoms with Crippen molar-refractivity contribution in [3.8, 4) is 0 Å². The zero-order valence-electron chi connectivity index (χ0n) is 11.8. The van der Waals surface area contributed by atoms with Crippen molar-refractivity contribution in [1.29, 1.82) is 0 Å². The van der Waals surface area contributed by atoms with E-state index in [0.717, 1.165) is 7.11 Å². The van der Waals surface area contributed by atoms with Crippen LogP contribution in [0.15, 0.2) is 0 Å². The molecule has 0 rings (SSSR count). The summed E-state index contributed by atoms with van der Waals surface area (Å²) in [5, 5.41) is 0. The molecule has 0 aromatic heterocycles. The van der Waals surface area contributed by atoms with Crippen molar-refractivity contribution >= 4 is 21.6 Å². The van der Waals surface area contributed by atoms with E-state index in [1.807, 2.05) is 0 Å². The van der Waals surface area contributed by atoms with Crippen LogP contribution in [0, 0.1) is 0 Å². The fraction of sp³-hybridized carbons (Fsp3) is 0.750. The Kier molecular flexibility index (Phi) is 28.2. The predicted octanol–water partition coefficient (Wildman–Crippen LogP) is -15.8. The van der Waals surface area contributed by atoms with E-state index in [1.54, 1.807) is 0 Å². The summed E-state index contributed by atoms with van der Waals surface area (Å²) in [6, 6.07) is 0. The Morgan fingerprint density at radius 2 is 1.40 bits per heavy atom. The second-order valence-electron chi connectivity index (χ2n) is 2.31. The third-order valence-electron chi connectivity index (χ3n) is 1.10. The van der Waals surface area contributed by atoms with Crippen LogP contribution in [-0.4, -0.2) is 25.8 Å². The van der Waals surface area contributed by atoms with Crippen LogP contribution in [0.3, 0.4) is 0 Å². The molecule has 0 aliphatic carbocycles. The van der Waals surface area contributed by atoms with Crippen LogP contribution >= 0.6 is 15.6 Å². The molecule has 0 N–H and O–H groups in total. The third kappa shape index (κ3) is 21.7. The van der Waals surface area contributed by atoms with E-state index in [0.29, 0.717) is 0 Å². The molecule has 10 nitrogen and oxygen atoms in total. The van der Waals surface area contributed by atoms with Crippen LogP contribution in [0.1, 0.15) is 0 Å². The quantitative estimate of drug-likeness (QED) is 0.189. The maximum Gasteiger partial charge on any atom is 1.00 e. The molecule has 0 heterocycles. The summed E-state index contributed by atoms with van der Waals surface area (Å²) >= 11 is 0. The van der Waals surface area contributed by atoms with Crippen molar-refractivity contribution in [3.05, 3.63) is 0 Å². The molecule has 1 atom stereocenters. The van der Waals surface area contributed by atoms with Gasteiger partial charge in [0, 0.05) is 0 Å². The summed E-state index contributed by atoms with van der Waals surface area (Å²) in [4.78, 5) is 51.1. The summed E-state index contributed by atoms with van der Waals surface area (Å²) in [6.45, 7) is -1.26. The maximum atomic E-state index is 10.8. The first kappa shape index (κ1) is 34.9. The largest absolute Gasteiger partial charge is 1.00 e. The van der Waals surface area contributed by atoms with E-state index in [9.17, 15) is 33.5 Å². The molecule has 0 fully saturated rings. The maximum absolute atomic E-state index is 10.8. The Bertz CT molecular complexity index is 340. The first-order valence-corrected chi connectivity index (χ1v) is 6.42. The number of phosphoric acid groups is 2. The molecule has 1 unspecified atom stereocenters. The molecule has 0 aromatic rings. The van der Waals surface area contributed by atoms with Crippen molar-refractivity contribution in [2.24, 2.45) is 0 Å². The summed E-state index contributed by atoms with van der Waals surface area (Å²) < 4.78 is 31.4. The van der Waals surface area contributed by atoms with Gasteiger partial charge in [-0.1, -0.05) is 0 Å². The van der Waals surface area contributed by atoms with Gasteiger partial charge in [-0.25, -0.2) is 4.79 Å². The minimum absolute atomic E-state index is 0. The average Bonchev–Trinajstić information content (AvgIpc) is 2.07. The number of rotatable bonds is 6. The van der Waals surface area contributed by atoms with E-state index in [1.165, 1.54) is 0 Å². The van der Waals surface area contributed by atoms with Gasteiger partial charge in [-0.15, -0.1) is 0 Å². The van der Waals surface area contributed by atoms with Crippen LogP contribution in [0.4, 0.5) is 0 Å². The number of ether oxygens (including phenoxy) is 1. The number of carbonyl (C=O) groups excluding carboxylic acids is 1. The van der Waals surface area contributed by atoms with Gasteiger partial charge in [0.15, 0.2) is 6.10 Å². The normalized spacial score (nSPS) is 11.7. The predicted molar refractivity (Wildman–Crippen MR) is 38.1 cm³/mol. The monoisotopic (exact) mass is 371 g/mol. The van der Waals surface area contributed by atoms with E-state index in [4.69, 9.17) is 0 Å². The van der Waals surface area contributed by atoms with Gasteiger partial charge >= 0.3 is 124 Å². The number of hydrogen-bond donors (Lipinski definition) is 0. The molecule has 20 heavy (non-hydrogen) atoms. The molecule has 0 aliphatic rings. The zero-order valence-corrected chi connectivity index (χ0v) is 21.6. The van der Waals surface area contributed by atoms with Gasteiger partial charge in [0.2, 0.25) is 0 Å². The van der Waals surface area contributed by atoms with Crippen LogP contribution in [0.2, 0.25) is 0 Å². The van der Waals surface area contributed by atoms with Crippen LogP contribution in [0.25, 0.3) is 0 Å². The van der Waals surface area contributed by atoms with Gasteiger partial charge in [0.25, 0.3) is 0 Å². The van der Waals surface area contributed by atoms with Gasteiger partial charge in [-0.2, -0.15) is 0 Å². The molecule has 0 amide bonds. The topological polar surface area (TPSA) is 171 Å².